The zero-order valence-electron chi connectivity index (χ0n) is 13.9. The molecule has 0 aromatic heterocycles. The lowest BCUT2D eigenvalue weighted by atomic mass is 9.80. The van der Waals surface area contributed by atoms with E-state index in [0.29, 0.717) is 11.5 Å². The molecule has 1 rings (SSSR count). The van der Waals surface area contributed by atoms with Gasteiger partial charge in [-0.15, -0.1) is 0 Å². The van der Waals surface area contributed by atoms with Crippen LogP contribution in [0.1, 0.15) is 58.1 Å². The van der Waals surface area contributed by atoms with Crippen molar-refractivity contribution in [2.24, 2.45) is 5.41 Å². The summed E-state index contributed by atoms with van der Waals surface area (Å²) in [5.74, 6) is 0.960. The summed E-state index contributed by atoms with van der Waals surface area (Å²) >= 11 is 10.8. The smallest absolute Gasteiger partial charge is 0.0409 e. The zero-order valence-corrected chi connectivity index (χ0v) is 15.6. The molecule has 0 spiro atoms. The fourth-order valence-corrected chi connectivity index (χ4v) is 3.85. The maximum Gasteiger partial charge on any atom is 0.0409 e. The summed E-state index contributed by atoms with van der Waals surface area (Å²) < 4.78 is 0. The summed E-state index contributed by atoms with van der Waals surface area (Å²) in [4.78, 5) is 2.45. The monoisotopic (exact) mass is 327 g/mol. The Morgan fingerprint density at radius 3 is 2.33 bits per heavy atom. The average Bonchev–Trinajstić information content (AvgIpc) is 2.46. The van der Waals surface area contributed by atoms with Gasteiger partial charge in [-0.3, -0.25) is 4.90 Å². The van der Waals surface area contributed by atoms with Crippen LogP contribution in [0.25, 0.3) is 0 Å². The normalized spacial score (nSPS) is 13.7. The van der Waals surface area contributed by atoms with E-state index in [4.69, 9.17) is 11.6 Å². The lowest BCUT2D eigenvalue weighted by Crippen LogP contribution is -2.38. The van der Waals surface area contributed by atoms with E-state index in [1.165, 1.54) is 31.2 Å². The predicted molar refractivity (Wildman–Crippen MR) is 98.6 cm³/mol. The predicted octanol–water partition coefficient (Wildman–Crippen LogP) is 5.85. The van der Waals surface area contributed by atoms with Crippen molar-refractivity contribution >= 4 is 24.2 Å². The van der Waals surface area contributed by atoms with E-state index in [2.05, 4.69) is 57.5 Å². The summed E-state index contributed by atoms with van der Waals surface area (Å²) in [6.45, 7) is 7.89. The Morgan fingerprint density at radius 1 is 1.24 bits per heavy atom. The molecule has 1 unspecified atom stereocenters. The van der Waals surface area contributed by atoms with Crippen LogP contribution >= 0.6 is 24.2 Å². The second-order valence-electron chi connectivity index (χ2n) is 6.30. The lowest BCUT2D eigenvalue weighted by Gasteiger charge is -2.38. The molecule has 0 N–H and O–H groups in total. The van der Waals surface area contributed by atoms with Gasteiger partial charge in [0.15, 0.2) is 0 Å². The minimum Gasteiger partial charge on any atom is -0.299 e. The first kappa shape index (κ1) is 18.9. The number of halogens is 1. The second kappa shape index (κ2) is 9.07. The lowest BCUT2D eigenvalue weighted by molar-refractivity contribution is 0.139. The van der Waals surface area contributed by atoms with Crippen LogP contribution in [0, 0.1) is 5.41 Å². The number of benzene rings is 1. The van der Waals surface area contributed by atoms with Gasteiger partial charge in [0.2, 0.25) is 0 Å². The van der Waals surface area contributed by atoms with Crippen molar-refractivity contribution in [3.05, 3.63) is 34.9 Å². The van der Waals surface area contributed by atoms with Gasteiger partial charge in [-0.05, 0) is 55.7 Å². The van der Waals surface area contributed by atoms with Gasteiger partial charge in [0.1, 0.15) is 0 Å². The Labute approximate surface area is 141 Å². The highest BCUT2D eigenvalue weighted by molar-refractivity contribution is 7.80. The topological polar surface area (TPSA) is 3.24 Å². The van der Waals surface area contributed by atoms with Gasteiger partial charge in [0, 0.05) is 17.6 Å². The van der Waals surface area contributed by atoms with Crippen molar-refractivity contribution in [2.75, 3.05) is 19.3 Å². The summed E-state index contributed by atoms with van der Waals surface area (Å²) in [5, 5.41) is 0.815. The molecule has 0 heterocycles. The summed E-state index contributed by atoms with van der Waals surface area (Å²) in [5.41, 5.74) is 1.61. The molecule has 0 saturated heterocycles. The molecule has 1 aromatic rings. The highest BCUT2D eigenvalue weighted by Crippen LogP contribution is 2.34. The van der Waals surface area contributed by atoms with Gasteiger partial charge in [-0.25, -0.2) is 0 Å². The third-order valence-corrected chi connectivity index (χ3v) is 5.38. The minimum absolute atomic E-state index is 0.328. The van der Waals surface area contributed by atoms with Crippen molar-refractivity contribution < 1.29 is 0 Å². The molecule has 0 amide bonds. The molecular formula is C18H30ClNS. The molecule has 0 aliphatic heterocycles. The fraction of sp³-hybridized carbons (Fsp3) is 0.667. The zero-order chi connectivity index (χ0) is 15.9. The Hall–Kier alpha value is -0.180. The number of thiol groups is 1. The summed E-state index contributed by atoms with van der Waals surface area (Å²) in [6, 6.07) is 8.58. The Balaban J connectivity index is 2.82. The maximum atomic E-state index is 6.12. The SMILES string of the molecule is CCCC(CS)(CCC)CN(C)C(C)c1cccc(Cl)c1. The number of hydrogen-bond donors (Lipinski definition) is 1. The first-order valence-electron chi connectivity index (χ1n) is 8.04. The molecule has 1 aromatic carbocycles. The largest absolute Gasteiger partial charge is 0.299 e. The first-order valence-corrected chi connectivity index (χ1v) is 9.05. The molecule has 1 nitrogen and oxygen atoms in total. The molecule has 3 heteroatoms. The highest BCUT2D eigenvalue weighted by Gasteiger charge is 2.29. The molecular weight excluding hydrogens is 298 g/mol. The molecule has 21 heavy (non-hydrogen) atoms. The Kier molecular flexibility index (Phi) is 8.15. The first-order chi connectivity index (χ1) is 9.98. The van der Waals surface area contributed by atoms with Crippen molar-refractivity contribution in [2.45, 2.75) is 52.5 Å². The van der Waals surface area contributed by atoms with Crippen LogP contribution in [0.2, 0.25) is 5.02 Å². The third-order valence-electron chi connectivity index (χ3n) is 4.47. The van der Waals surface area contributed by atoms with Gasteiger partial charge in [-0.2, -0.15) is 12.6 Å². The van der Waals surface area contributed by atoms with E-state index < -0.39 is 0 Å². The molecule has 0 bridgehead atoms. The van der Waals surface area contributed by atoms with Crippen LogP contribution in [0.4, 0.5) is 0 Å². The molecule has 120 valence electrons. The van der Waals surface area contributed by atoms with E-state index >= 15 is 0 Å². The van der Waals surface area contributed by atoms with E-state index in [1.54, 1.807) is 0 Å². The van der Waals surface area contributed by atoms with Crippen molar-refractivity contribution in [3.63, 3.8) is 0 Å². The summed E-state index contributed by atoms with van der Waals surface area (Å²) in [7, 11) is 2.22. The maximum absolute atomic E-state index is 6.12. The van der Waals surface area contributed by atoms with E-state index in [1.807, 2.05) is 12.1 Å². The van der Waals surface area contributed by atoms with Crippen molar-refractivity contribution in [3.8, 4) is 0 Å². The molecule has 1 atom stereocenters. The molecule has 0 saturated carbocycles. The van der Waals surface area contributed by atoms with Gasteiger partial charge >= 0.3 is 0 Å². The quantitative estimate of drug-likeness (QED) is 0.557. The number of nitrogens with zero attached hydrogens (tertiary/aromatic N) is 1. The van der Waals surface area contributed by atoms with Gasteiger partial charge < -0.3 is 0 Å². The van der Waals surface area contributed by atoms with E-state index in [-0.39, 0.29) is 0 Å². The number of hydrogen-bond acceptors (Lipinski definition) is 2. The average molecular weight is 328 g/mol. The standard InChI is InChI=1S/C18H30ClNS/c1-5-10-18(14-21,11-6-2)13-20(4)15(3)16-8-7-9-17(19)12-16/h7-9,12,15,21H,5-6,10-11,13-14H2,1-4H3. The van der Waals surface area contributed by atoms with Crippen LogP contribution in [-0.4, -0.2) is 24.2 Å². The van der Waals surface area contributed by atoms with Crippen LogP contribution < -0.4 is 0 Å². The second-order valence-corrected chi connectivity index (χ2v) is 7.06. The Bertz CT molecular complexity index is 415. The molecule has 0 aliphatic rings. The fourth-order valence-electron chi connectivity index (χ4n) is 3.24. The van der Waals surface area contributed by atoms with Crippen LogP contribution in [0.15, 0.2) is 24.3 Å². The minimum atomic E-state index is 0.328. The van der Waals surface area contributed by atoms with Crippen molar-refractivity contribution in [1.29, 1.82) is 0 Å². The van der Waals surface area contributed by atoms with Gasteiger partial charge in [0.05, 0.1) is 0 Å². The molecule has 0 fully saturated rings. The molecule has 0 aliphatic carbocycles. The van der Waals surface area contributed by atoms with Crippen LogP contribution in [-0.2, 0) is 0 Å². The summed E-state index contributed by atoms with van der Waals surface area (Å²) in [6.07, 6.45) is 4.94. The number of rotatable bonds is 9. The van der Waals surface area contributed by atoms with E-state index in [0.717, 1.165) is 17.3 Å². The van der Waals surface area contributed by atoms with E-state index in [9.17, 15) is 0 Å². The molecule has 0 radical (unpaired) electrons. The Morgan fingerprint density at radius 2 is 1.86 bits per heavy atom. The van der Waals surface area contributed by atoms with Crippen LogP contribution in [0.5, 0.6) is 0 Å². The van der Waals surface area contributed by atoms with Gasteiger partial charge in [-0.1, -0.05) is 50.4 Å². The third kappa shape index (κ3) is 5.50. The van der Waals surface area contributed by atoms with Crippen LogP contribution in [0.3, 0.4) is 0 Å². The van der Waals surface area contributed by atoms with Crippen molar-refractivity contribution in [1.82, 2.24) is 4.90 Å². The highest BCUT2D eigenvalue weighted by atomic mass is 35.5. The van der Waals surface area contributed by atoms with Gasteiger partial charge in [0.25, 0.3) is 0 Å².